The summed E-state index contributed by atoms with van der Waals surface area (Å²) in [6.07, 6.45) is 5.07. The molecule has 128 valence electrons. The van der Waals surface area contributed by atoms with E-state index in [0.29, 0.717) is 11.7 Å². The average Bonchev–Trinajstić information content (AvgIpc) is 2.91. The monoisotopic (exact) mass is 333 g/mol. The van der Waals surface area contributed by atoms with Crippen molar-refractivity contribution in [3.63, 3.8) is 0 Å². The molecular weight excluding hydrogens is 310 g/mol. The Morgan fingerprint density at radius 3 is 2.52 bits per heavy atom. The van der Waals surface area contributed by atoms with Crippen LogP contribution in [0.3, 0.4) is 0 Å². The van der Waals surface area contributed by atoms with Crippen LogP contribution in [0.15, 0.2) is 54.6 Å². The van der Waals surface area contributed by atoms with Gasteiger partial charge >= 0.3 is 0 Å². The second-order valence-electron chi connectivity index (χ2n) is 6.79. The number of fused-ring (bicyclic) bond motifs is 1. The number of aromatic hydroxyl groups is 1. The predicted octanol–water partition coefficient (Wildman–Crippen LogP) is 3.89. The number of nitrogens with zero attached hydrogens (tertiary/aromatic N) is 3. The van der Waals surface area contributed by atoms with Crippen LogP contribution in [-0.2, 0) is 25.8 Å². The van der Waals surface area contributed by atoms with Crippen LogP contribution in [0.25, 0.3) is 0 Å². The summed E-state index contributed by atoms with van der Waals surface area (Å²) in [4.78, 5) is 0. The van der Waals surface area contributed by atoms with Crippen LogP contribution in [0.2, 0.25) is 0 Å². The van der Waals surface area contributed by atoms with Crippen LogP contribution in [-0.4, -0.2) is 19.9 Å². The molecule has 0 saturated heterocycles. The highest BCUT2D eigenvalue weighted by Crippen LogP contribution is 2.29. The summed E-state index contributed by atoms with van der Waals surface area (Å²) in [6.45, 7) is 0.993. The maximum absolute atomic E-state index is 9.39. The van der Waals surface area contributed by atoms with E-state index in [9.17, 15) is 5.11 Å². The van der Waals surface area contributed by atoms with E-state index in [1.807, 2.05) is 12.1 Å². The molecule has 1 N–H and O–H groups in total. The molecular formula is C21H23N3O. The zero-order chi connectivity index (χ0) is 17.1. The third-order valence-corrected chi connectivity index (χ3v) is 5.17. The van der Waals surface area contributed by atoms with E-state index in [1.165, 1.54) is 11.1 Å². The Labute approximate surface area is 148 Å². The Kier molecular flexibility index (Phi) is 4.51. The Hall–Kier alpha value is -2.62. The van der Waals surface area contributed by atoms with Crippen molar-refractivity contribution in [3.05, 3.63) is 77.4 Å². The molecule has 4 rings (SSSR count). The van der Waals surface area contributed by atoms with E-state index in [-0.39, 0.29) is 0 Å². The lowest BCUT2D eigenvalue weighted by atomic mass is 9.92. The van der Waals surface area contributed by atoms with Gasteiger partial charge in [0.15, 0.2) is 0 Å². The number of rotatable bonds is 4. The molecule has 1 atom stereocenters. The molecule has 0 radical (unpaired) electrons. The first-order valence-corrected chi connectivity index (χ1v) is 9.03. The minimum atomic E-state index is 0.312. The maximum atomic E-state index is 9.39. The van der Waals surface area contributed by atoms with E-state index in [1.54, 1.807) is 12.1 Å². The first kappa shape index (κ1) is 15.9. The predicted molar refractivity (Wildman–Crippen MR) is 97.7 cm³/mol. The molecule has 4 nitrogen and oxygen atoms in total. The first-order chi connectivity index (χ1) is 12.3. The van der Waals surface area contributed by atoms with Crippen LogP contribution >= 0.6 is 0 Å². The normalized spacial score (nSPS) is 17.0. The molecule has 3 aromatic rings. The highest BCUT2D eigenvalue weighted by atomic mass is 16.3. The number of benzene rings is 2. The number of hydrogen-bond donors (Lipinski definition) is 1. The smallest absolute Gasteiger partial charge is 0.133 e. The van der Waals surface area contributed by atoms with E-state index < -0.39 is 0 Å². The van der Waals surface area contributed by atoms with Crippen molar-refractivity contribution in [1.29, 1.82) is 0 Å². The summed E-state index contributed by atoms with van der Waals surface area (Å²) in [5, 5.41) is 18.3. The highest BCUT2D eigenvalue weighted by Gasteiger charge is 2.21. The molecule has 1 aliphatic rings. The summed E-state index contributed by atoms with van der Waals surface area (Å²) < 4.78 is 2.32. The zero-order valence-electron chi connectivity index (χ0n) is 14.3. The van der Waals surface area contributed by atoms with Gasteiger partial charge in [0.05, 0.1) is 0 Å². The van der Waals surface area contributed by atoms with Gasteiger partial charge in [-0.1, -0.05) is 42.5 Å². The van der Waals surface area contributed by atoms with Crippen molar-refractivity contribution in [2.24, 2.45) is 0 Å². The molecule has 0 amide bonds. The molecule has 1 aliphatic heterocycles. The van der Waals surface area contributed by atoms with E-state index in [2.05, 4.69) is 45.1 Å². The number of phenolic OH excluding ortho intramolecular Hbond substituents is 1. The van der Waals surface area contributed by atoms with Gasteiger partial charge in [0.25, 0.3) is 0 Å². The van der Waals surface area contributed by atoms with Crippen molar-refractivity contribution in [2.75, 3.05) is 0 Å². The topological polar surface area (TPSA) is 50.9 Å². The quantitative estimate of drug-likeness (QED) is 0.788. The molecule has 1 aromatic heterocycles. The van der Waals surface area contributed by atoms with Crippen LogP contribution in [0, 0.1) is 0 Å². The van der Waals surface area contributed by atoms with Gasteiger partial charge in [-0.3, -0.25) is 0 Å². The number of aryl methyl sites for hydroxylation is 3. The molecule has 0 saturated carbocycles. The van der Waals surface area contributed by atoms with Crippen molar-refractivity contribution in [3.8, 4) is 5.75 Å². The average molecular weight is 333 g/mol. The number of aromatic nitrogens is 3. The molecule has 1 unspecified atom stereocenters. The third kappa shape index (κ3) is 3.58. The van der Waals surface area contributed by atoms with Gasteiger partial charge in [0.1, 0.15) is 17.4 Å². The SMILES string of the molecule is Oc1ccc(CCc2nnc3n2CCC(c2ccccc2)CC3)cc1. The van der Waals surface area contributed by atoms with Gasteiger partial charge in [-0.05, 0) is 48.4 Å². The minimum Gasteiger partial charge on any atom is -0.508 e. The Morgan fingerprint density at radius 1 is 0.920 bits per heavy atom. The number of hydrogen-bond acceptors (Lipinski definition) is 3. The molecule has 0 spiro atoms. The van der Waals surface area contributed by atoms with E-state index >= 15 is 0 Å². The summed E-state index contributed by atoms with van der Waals surface area (Å²) in [7, 11) is 0. The van der Waals surface area contributed by atoms with Crippen molar-refractivity contribution in [1.82, 2.24) is 14.8 Å². The molecule has 0 bridgehead atoms. The van der Waals surface area contributed by atoms with Crippen molar-refractivity contribution >= 4 is 0 Å². The summed E-state index contributed by atoms with van der Waals surface area (Å²) in [5.74, 6) is 3.12. The van der Waals surface area contributed by atoms with Gasteiger partial charge in [-0.15, -0.1) is 10.2 Å². The lowest BCUT2D eigenvalue weighted by molar-refractivity contribution is 0.475. The maximum Gasteiger partial charge on any atom is 0.133 e. The fourth-order valence-corrected chi connectivity index (χ4v) is 3.71. The zero-order valence-corrected chi connectivity index (χ0v) is 14.3. The second kappa shape index (κ2) is 7.09. The summed E-state index contributed by atoms with van der Waals surface area (Å²) >= 11 is 0. The van der Waals surface area contributed by atoms with Crippen LogP contribution in [0.1, 0.15) is 41.5 Å². The van der Waals surface area contributed by atoms with Gasteiger partial charge < -0.3 is 9.67 Å². The fourth-order valence-electron chi connectivity index (χ4n) is 3.71. The van der Waals surface area contributed by atoms with Crippen LogP contribution in [0.4, 0.5) is 0 Å². The number of phenols is 1. The third-order valence-electron chi connectivity index (χ3n) is 5.17. The van der Waals surface area contributed by atoms with Gasteiger partial charge in [0, 0.05) is 19.4 Å². The van der Waals surface area contributed by atoms with E-state index in [4.69, 9.17) is 0 Å². The van der Waals surface area contributed by atoms with Crippen molar-refractivity contribution in [2.45, 2.75) is 44.6 Å². The lowest BCUT2D eigenvalue weighted by Crippen LogP contribution is -2.08. The highest BCUT2D eigenvalue weighted by molar-refractivity contribution is 5.26. The summed E-state index contributed by atoms with van der Waals surface area (Å²) in [6, 6.07) is 18.2. The van der Waals surface area contributed by atoms with E-state index in [0.717, 1.165) is 50.3 Å². The Balaban J connectivity index is 1.44. The van der Waals surface area contributed by atoms with Gasteiger partial charge in [-0.25, -0.2) is 0 Å². The first-order valence-electron chi connectivity index (χ1n) is 9.03. The van der Waals surface area contributed by atoms with Crippen molar-refractivity contribution < 1.29 is 5.11 Å². The van der Waals surface area contributed by atoms with Crippen LogP contribution in [0.5, 0.6) is 5.75 Å². The molecule has 0 aliphatic carbocycles. The van der Waals surface area contributed by atoms with Gasteiger partial charge in [-0.2, -0.15) is 0 Å². The second-order valence-corrected chi connectivity index (χ2v) is 6.79. The minimum absolute atomic E-state index is 0.312. The summed E-state index contributed by atoms with van der Waals surface area (Å²) in [5.41, 5.74) is 2.65. The Morgan fingerprint density at radius 2 is 1.72 bits per heavy atom. The molecule has 4 heteroatoms. The largest absolute Gasteiger partial charge is 0.508 e. The Bertz CT molecular complexity index is 824. The molecule has 0 fully saturated rings. The molecule has 2 aromatic carbocycles. The lowest BCUT2D eigenvalue weighted by Gasteiger charge is -2.14. The molecule has 25 heavy (non-hydrogen) atoms. The fraction of sp³-hybridized carbons (Fsp3) is 0.333. The van der Waals surface area contributed by atoms with Gasteiger partial charge in [0.2, 0.25) is 0 Å². The standard InChI is InChI=1S/C21H23N3O/c25-19-10-6-16(7-11-19)8-12-20-22-23-21-13-9-18(14-15-24(20)21)17-4-2-1-3-5-17/h1-7,10-11,18,25H,8-9,12-15H2. The molecule has 2 heterocycles. The van der Waals surface area contributed by atoms with Crippen LogP contribution < -0.4 is 0 Å².